The molecule has 0 amide bonds. The van der Waals surface area contributed by atoms with Crippen molar-refractivity contribution >= 4 is 5.97 Å². The summed E-state index contributed by atoms with van der Waals surface area (Å²) in [7, 11) is 1.93. The first-order valence-electron chi connectivity index (χ1n) is 5.50. The third-order valence-electron chi connectivity index (χ3n) is 2.56. The summed E-state index contributed by atoms with van der Waals surface area (Å²) in [5.41, 5.74) is 1.60. The number of imidazole rings is 1. The number of rotatable bonds is 4. The quantitative estimate of drug-likeness (QED) is 0.751. The van der Waals surface area contributed by atoms with Gasteiger partial charge in [-0.3, -0.25) is 0 Å². The maximum Gasteiger partial charge on any atom is 0.354 e. The van der Waals surface area contributed by atoms with E-state index in [0.717, 1.165) is 5.69 Å². The minimum Gasteiger partial charge on any atom is -0.461 e. The zero-order valence-electron chi connectivity index (χ0n) is 9.96. The van der Waals surface area contributed by atoms with Crippen LogP contribution in [0, 0.1) is 0 Å². The van der Waals surface area contributed by atoms with Gasteiger partial charge in [0.15, 0.2) is 0 Å². The number of hydrogen-bond acceptors (Lipinski definition) is 3. The van der Waals surface area contributed by atoms with Crippen LogP contribution >= 0.6 is 0 Å². The van der Waals surface area contributed by atoms with Crippen LogP contribution in [0.2, 0.25) is 0 Å². The number of esters is 1. The Kier molecular flexibility index (Phi) is 3.27. The van der Waals surface area contributed by atoms with Crippen molar-refractivity contribution in [3.8, 4) is 0 Å². The van der Waals surface area contributed by atoms with E-state index in [1.54, 1.807) is 25.5 Å². The van der Waals surface area contributed by atoms with E-state index < -0.39 is 0 Å². The Morgan fingerprint density at radius 1 is 1.53 bits per heavy atom. The average Bonchev–Trinajstić information content (AvgIpc) is 2.90. The van der Waals surface area contributed by atoms with Crippen LogP contribution in [-0.2, 0) is 18.3 Å². The first kappa shape index (κ1) is 11.4. The van der Waals surface area contributed by atoms with Gasteiger partial charge < -0.3 is 13.9 Å². The zero-order chi connectivity index (χ0) is 12.3. The second-order valence-electron chi connectivity index (χ2n) is 3.74. The first-order valence-corrected chi connectivity index (χ1v) is 5.50. The van der Waals surface area contributed by atoms with Crippen LogP contribution in [0.4, 0.5) is 0 Å². The summed E-state index contributed by atoms with van der Waals surface area (Å²) in [5, 5.41) is 0. The van der Waals surface area contributed by atoms with Gasteiger partial charge >= 0.3 is 5.97 Å². The molecule has 0 N–H and O–H groups in total. The van der Waals surface area contributed by atoms with E-state index in [0.29, 0.717) is 18.8 Å². The molecule has 0 bridgehead atoms. The molecule has 0 aromatic carbocycles. The molecule has 2 heterocycles. The molecule has 0 atom stereocenters. The summed E-state index contributed by atoms with van der Waals surface area (Å²) in [6, 6.07) is 3.59. The maximum absolute atomic E-state index is 11.7. The van der Waals surface area contributed by atoms with Gasteiger partial charge in [0.05, 0.1) is 25.2 Å². The van der Waals surface area contributed by atoms with Gasteiger partial charge in [0.1, 0.15) is 5.69 Å². The smallest absolute Gasteiger partial charge is 0.354 e. The van der Waals surface area contributed by atoms with Gasteiger partial charge in [0.25, 0.3) is 0 Å². The number of carbonyl (C=O) groups is 1. The van der Waals surface area contributed by atoms with Gasteiger partial charge in [-0.2, -0.15) is 0 Å². The highest BCUT2D eigenvalue weighted by molar-refractivity contribution is 5.87. The van der Waals surface area contributed by atoms with Gasteiger partial charge in [0.2, 0.25) is 0 Å². The van der Waals surface area contributed by atoms with Crippen LogP contribution in [0.3, 0.4) is 0 Å². The average molecular weight is 233 g/mol. The van der Waals surface area contributed by atoms with Crippen LogP contribution in [-0.4, -0.2) is 26.7 Å². The van der Waals surface area contributed by atoms with Gasteiger partial charge in [-0.15, -0.1) is 0 Å². The van der Waals surface area contributed by atoms with Crippen molar-refractivity contribution in [2.45, 2.75) is 13.5 Å². The second-order valence-corrected chi connectivity index (χ2v) is 3.74. The molecular formula is C12H15N3O2. The van der Waals surface area contributed by atoms with E-state index in [2.05, 4.69) is 4.98 Å². The van der Waals surface area contributed by atoms with E-state index in [1.807, 2.05) is 28.4 Å². The molecule has 0 saturated heterocycles. The van der Waals surface area contributed by atoms with Crippen LogP contribution in [0.5, 0.6) is 0 Å². The Morgan fingerprint density at radius 2 is 2.35 bits per heavy atom. The lowest BCUT2D eigenvalue weighted by molar-refractivity contribution is 0.0514. The largest absolute Gasteiger partial charge is 0.461 e. The molecule has 0 aliphatic carbocycles. The van der Waals surface area contributed by atoms with Crippen LogP contribution in [0.25, 0.3) is 0 Å². The fourth-order valence-electron chi connectivity index (χ4n) is 1.65. The van der Waals surface area contributed by atoms with Crippen molar-refractivity contribution in [1.82, 2.24) is 14.1 Å². The summed E-state index contributed by atoms with van der Waals surface area (Å²) in [5.74, 6) is -0.292. The molecule has 2 rings (SSSR count). The molecule has 0 spiro atoms. The summed E-state index contributed by atoms with van der Waals surface area (Å²) < 4.78 is 8.78. The van der Waals surface area contributed by atoms with E-state index in [4.69, 9.17) is 4.74 Å². The lowest BCUT2D eigenvalue weighted by Gasteiger charge is -2.08. The summed E-state index contributed by atoms with van der Waals surface area (Å²) in [6.45, 7) is 2.79. The lowest BCUT2D eigenvalue weighted by atomic mass is 10.4. The Hall–Kier alpha value is -2.04. The van der Waals surface area contributed by atoms with Crippen LogP contribution < -0.4 is 0 Å². The zero-order valence-corrected chi connectivity index (χ0v) is 9.96. The van der Waals surface area contributed by atoms with Crippen molar-refractivity contribution in [2.24, 2.45) is 7.05 Å². The van der Waals surface area contributed by atoms with Crippen LogP contribution in [0.15, 0.2) is 30.9 Å². The topological polar surface area (TPSA) is 49.1 Å². The Morgan fingerprint density at radius 3 is 3.00 bits per heavy atom. The molecule has 5 heteroatoms. The van der Waals surface area contributed by atoms with Crippen molar-refractivity contribution in [3.63, 3.8) is 0 Å². The first-order chi connectivity index (χ1) is 8.22. The third-order valence-corrected chi connectivity index (χ3v) is 2.56. The Labute approximate surface area is 99.6 Å². The lowest BCUT2D eigenvalue weighted by Crippen LogP contribution is -2.13. The minimum atomic E-state index is -0.292. The Balaban J connectivity index is 2.20. The molecule has 0 radical (unpaired) electrons. The van der Waals surface area contributed by atoms with E-state index >= 15 is 0 Å². The minimum absolute atomic E-state index is 0.292. The van der Waals surface area contributed by atoms with Crippen molar-refractivity contribution in [1.29, 1.82) is 0 Å². The van der Waals surface area contributed by atoms with Gasteiger partial charge in [0, 0.05) is 19.4 Å². The van der Waals surface area contributed by atoms with Gasteiger partial charge in [-0.1, -0.05) is 0 Å². The highest BCUT2D eigenvalue weighted by Crippen LogP contribution is 2.08. The fraction of sp³-hybridized carbons (Fsp3) is 0.333. The fourth-order valence-corrected chi connectivity index (χ4v) is 1.65. The van der Waals surface area contributed by atoms with E-state index in [1.165, 1.54) is 0 Å². The predicted molar refractivity (Wildman–Crippen MR) is 62.7 cm³/mol. The number of aromatic nitrogens is 3. The summed E-state index contributed by atoms with van der Waals surface area (Å²) in [6.07, 6.45) is 5.39. The standard InChI is InChI=1S/C12H15N3O2/c1-3-17-12(16)11-5-4-6-15(11)8-10-7-13-9-14(10)2/h4-7,9H,3,8H2,1-2H3. The van der Waals surface area contributed by atoms with E-state index in [-0.39, 0.29) is 5.97 Å². The molecule has 0 fully saturated rings. The normalized spacial score (nSPS) is 10.5. The monoisotopic (exact) mass is 233 g/mol. The molecule has 2 aromatic rings. The molecule has 0 aliphatic rings. The van der Waals surface area contributed by atoms with Crippen molar-refractivity contribution < 1.29 is 9.53 Å². The molecule has 5 nitrogen and oxygen atoms in total. The van der Waals surface area contributed by atoms with E-state index in [9.17, 15) is 4.79 Å². The summed E-state index contributed by atoms with van der Waals surface area (Å²) >= 11 is 0. The third kappa shape index (κ3) is 2.38. The molecular weight excluding hydrogens is 218 g/mol. The molecule has 0 aliphatic heterocycles. The summed E-state index contributed by atoms with van der Waals surface area (Å²) in [4.78, 5) is 15.7. The predicted octanol–water partition coefficient (Wildman–Crippen LogP) is 1.45. The highest BCUT2D eigenvalue weighted by Gasteiger charge is 2.12. The highest BCUT2D eigenvalue weighted by atomic mass is 16.5. The molecule has 17 heavy (non-hydrogen) atoms. The SMILES string of the molecule is CCOC(=O)c1cccn1Cc1cncn1C. The second kappa shape index (κ2) is 4.86. The van der Waals surface area contributed by atoms with Crippen LogP contribution in [0.1, 0.15) is 23.1 Å². The number of carbonyl (C=O) groups excluding carboxylic acids is 1. The number of nitrogens with zero attached hydrogens (tertiary/aromatic N) is 3. The number of ether oxygens (including phenoxy) is 1. The molecule has 0 saturated carbocycles. The molecule has 90 valence electrons. The Bertz CT molecular complexity index is 513. The maximum atomic E-state index is 11.7. The number of aryl methyl sites for hydroxylation is 1. The van der Waals surface area contributed by atoms with Gasteiger partial charge in [-0.25, -0.2) is 9.78 Å². The van der Waals surface area contributed by atoms with Crippen molar-refractivity contribution in [3.05, 3.63) is 42.2 Å². The van der Waals surface area contributed by atoms with Gasteiger partial charge in [-0.05, 0) is 19.1 Å². The number of hydrogen-bond donors (Lipinski definition) is 0. The molecule has 0 unspecified atom stereocenters. The molecule has 2 aromatic heterocycles. The van der Waals surface area contributed by atoms with Crippen molar-refractivity contribution in [2.75, 3.05) is 6.61 Å².